The van der Waals surface area contributed by atoms with Gasteiger partial charge in [0.2, 0.25) is 0 Å². The number of alkyl halides is 1. The number of nitrogens with two attached hydrogens (primary N) is 1. The van der Waals surface area contributed by atoms with Crippen LogP contribution >= 0.6 is 22.6 Å². The highest BCUT2D eigenvalue weighted by Gasteiger charge is 1.93. The highest BCUT2D eigenvalue weighted by molar-refractivity contribution is 14.1. The van der Waals surface area contributed by atoms with Crippen LogP contribution in [0.3, 0.4) is 0 Å². The van der Waals surface area contributed by atoms with Crippen molar-refractivity contribution in [3.05, 3.63) is 12.3 Å². The molecule has 3 heteroatoms. The highest BCUT2D eigenvalue weighted by Crippen LogP contribution is 1.97. The van der Waals surface area contributed by atoms with Crippen LogP contribution in [0.15, 0.2) is 12.3 Å². The van der Waals surface area contributed by atoms with Gasteiger partial charge in [0.1, 0.15) is 9.81 Å². The van der Waals surface area contributed by atoms with E-state index >= 15 is 0 Å². The smallest absolute Gasteiger partial charge is 0.114 e. The molecule has 0 rings (SSSR count). The minimum Gasteiger partial charge on any atom is -0.510 e. The molecule has 0 aromatic heterocycles. The fraction of sp³-hybridized carbons (Fsp3) is 0.333. The molecule has 2 nitrogen and oxygen atoms in total. The molecule has 0 amide bonds. The third kappa shape index (κ3) is 2.47. The Bertz CT molecular complexity index is 61.8. The van der Waals surface area contributed by atoms with Crippen molar-refractivity contribution < 1.29 is 5.11 Å². The first-order chi connectivity index (χ1) is 2.64. The van der Waals surface area contributed by atoms with E-state index in [1.807, 2.05) is 22.6 Å². The van der Waals surface area contributed by atoms with Crippen molar-refractivity contribution in [2.24, 2.45) is 5.73 Å². The second-order valence-corrected chi connectivity index (χ2v) is 2.24. The zero-order chi connectivity index (χ0) is 5.15. The first-order valence-corrected chi connectivity index (χ1v) is 2.66. The standard InChI is InChI=1S/C3H6INO/c1-2(6)3(4)5/h3,6H,1,5H2. The van der Waals surface area contributed by atoms with Crippen molar-refractivity contribution in [1.29, 1.82) is 0 Å². The highest BCUT2D eigenvalue weighted by atomic mass is 127. The molecule has 0 saturated carbocycles. The summed E-state index contributed by atoms with van der Waals surface area (Å²) in [4.78, 5) is 0. The van der Waals surface area contributed by atoms with Crippen molar-refractivity contribution >= 4 is 22.6 Å². The summed E-state index contributed by atoms with van der Waals surface area (Å²) < 4.78 is -0.317. The van der Waals surface area contributed by atoms with Crippen molar-refractivity contribution in [2.75, 3.05) is 0 Å². The third-order valence-corrected chi connectivity index (χ3v) is 1.04. The molecule has 36 valence electrons. The molecule has 3 N–H and O–H groups in total. The molecule has 0 saturated heterocycles. The van der Waals surface area contributed by atoms with Crippen LogP contribution in [0.5, 0.6) is 0 Å². The van der Waals surface area contributed by atoms with Gasteiger partial charge in [-0.15, -0.1) is 0 Å². The molecule has 0 aromatic carbocycles. The van der Waals surface area contributed by atoms with Gasteiger partial charge in [-0.25, -0.2) is 0 Å². The van der Waals surface area contributed by atoms with Crippen LogP contribution in [0.4, 0.5) is 0 Å². The van der Waals surface area contributed by atoms with E-state index in [4.69, 9.17) is 10.8 Å². The van der Waals surface area contributed by atoms with Crippen molar-refractivity contribution in [3.8, 4) is 0 Å². The van der Waals surface area contributed by atoms with Gasteiger partial charge in [0.15, 0.2) is 0 Å². The summed E-state index contributed by atoms with van der Waals surface area (Å²) >= 11 is 1.86. The molecule has 0 spiro atoms. The second kappa shape index (κ2) is 2.41. The van der Waals surface area contributed by atoms with Gasteiger partial charge in [0.25, 0.3) is 0 Å². The number of rotatable bonds is 1. The maximum atomic E-state index is 8.30. The van der Waals surface area contributed by atoms with Crippen molar-refractivity contribution in [3.63, 3.8) is 0 Å². The molecule has 0 aliphatic rings. The summed E-state index contributed by atoms with van der Waals surface area (Å²) in [6, 6.07) is 0. The Kier molecular flexibility index (Phi) is 2.50. The Morgan fingerprint density at radius 3 is 2.17 bits per heavy atom. The van der Waals surface area contributed by atoms with Crippen LogP contribution in [-0.4, -0.2) is 9.16 Å². The second-order valence-electron chi connectivity index (χ2n) is 0.893. The van der Waals surface area contributed by atoms with Crippen LogP contribution in [0.1, 0.15) is 0 Å². The maximum absolute atomic E-state index is 8.30. The molecule has 0 heterocycles. The molecule has 0 aliphatic heterocycles. The number of aliphatic hydroxyl groups excluding tert-OH is 1. The van der Waals surface area contributed by atoms with Crippen molar-refractivity contribution in [2.45, 2.75) is 4.05 Å². The Balaban J connectivity index is 3.26. The van der Waals surface area contributed by atoms with E-state index in [1.54, 1.807) is 0 Å². The number of aliphatic hydroxyl groups is 1. The lowest BCUT2D eigenvalue weighted by Gasteiger charge is -1.94. The molecule has 1 unspecified atom stereocenters. The summed E-state index contributed by atoms with van der Waals surface area (Å²) in [5.41, 5.74) is 5.07. The molecule has 0 bridgehead atoms. The lowest BCUT2D eigenvalue weighted by atomic mass is 10.6. The third-order valence-electron chi connectivity index (χ3n) is 0.318. The number of hydrogen-bond acceptors (Lipinski definition) is 2. The van der Waals surface area contributed by atoms with Gasteiger partial charge in [0, 0.05) is 0 Å². The Morgan fingerprint density at radius 2 is 2.17 bits per heavy atom. The van der Waals surface area contributed by atoms with Gasteiger partial charge in [-0.2, -0.15) is 0 Å². The molecule has 1 atom stereocenters. The van der Waals surface area contributed by atoms with Crippen LogP contribution < -0.4 is 5.73 Å². The Hall–Kier alpha value is 0.230. The largest absolute Gasteiger partial charge is 0.510 e. The normalized spacial score (nSPS) is 13.7. The predicted molar refractivity (Wildman–Crippen MR) is 33.8 cm³/mol. The van der Waals surface area contributed by atoms with E-state index in [0.717, 1.165) is 0 Å². The summed E-state index contributed by atoms with van der Waals surface area (Å²) in [6.07, 6.45) is 0. The molecular formula is C3H6INO. The molecule has 6 heavy (non-hydrogen) atoms. The number of halogens is 1. The molecule has 0 aliphatic carbocycles. The van der Waals surface area contributed by atoms with Gasteiger partial charge >= 0.3 is 0 Å². The fourth-order valence-corrected chi connectivity index (χ4v) is 0. The minimum absolute atomic E-state index is 0.0237. The van der Waals surface area contributed by atoms with Crippen molar-refractivity contribution in [1.82, 2.24) is 0 Å². The van der Waals surface area contributed by atoms with Crippen LogP contribution in [0.25, 0.3) is 0 Å². The van der Waals surface area contributed by atoms with Gasteiger partial charge < -0.3 is 10.8 Å². The van der Waals surface area contributed by atoms with Crippen LogP contribution in [0.2, 0.25) is 0 Å². The molecule has 0 fully saturated rings. The zero-order valence-electron chi connectivity index (χ0n) is 3.19. The minimum atomic E-state index is -0.317. The zero-order valence-corrected chi connectivity index (χ0v) is 5.34. The average molecular weight is 199 g/mol. The summed E-state index contributed by atoms with van der Waals surface area (Å²) in [7, 11) is 0. The maximum Gasteiger partial charge on any atom is 0.114 e. The molecule has 0 radical (unpaired) electrons. The van der Waals surface area contributed by atoms with Gasteiger partial charge in [-0.05, 0) is 0 Å². The SMILES string of the molecule is C=C(O)C(N)I. The summed E-state index contributed by atoms with van der Waals surface area (Å²) in [5.74, 6) is 0.0237. The Morgan fingerprint density at radius 1 is 2.00 bits per heavy atom. The molecular weight excluding hydrogens is 193 g/mol. The first-order valence-electron chi connectivity index (χ1n) is 1.42. The number of hydrogen-bond donors (Lipinski definition) is 2. The lowest BCUT2D eigenvalue weighted by Crippen LogP contribution is -2.11. The van der Waals surface area contributed by atoms with E-state index in [0.29, 0.717) is 0 Å². The van der Waals surface area contributed by atoms with Gasteiger partial charge in [0.05, 0.1) is 0 Å². The van der Waals surface area contributed by atoms with E-state index in [9.17, 15) is 0 Å². The lowest BCUT2D eigenvalue weighted by molar-refractivity contribution is 0.402. The Labute approximate surface area is 50.2 Å². The van der Waals surface area contributed by atoms with Gasteiger partial charge in [-0.1, -0.05) is 29.2 Å². The van der Waals surface area contributed by atoms with Crippen LogP contribution in [0, 0.1) is 0 Å². The first kappa shape index (κ1) is 6.23. The average Bonchev–Trinajstić information content (AvgIpc) is 1.36. The van der Waals surface area contributed by atoms with E-state index in [2.05, 4.69) is 6.58 Å². The van der Waals surface area contributed by atoms with E-state index in [-0.39, 0.29) is 9.81 Å². The summed E-state index contributed by atoms with van der Waals surface area (Å²) in [6.45, 7) is 3.18. The fourth-order valence-electron chi connectivity index (χ4n) is 0. The quantitative estimate of drug-likeness (QED) is 0.283. The molecule has 0 aromatic rings. The monoisotopic (exact) mass is 199 g/mol. The summed E-state index contributed by atoms with van der Waals surface area (Å²) in [5, 5.41) is 8.30. The van der Waals surface area contributed by atoms with Gasteiger partial charge in [-0.3, -0.25) is 0 Å². The van der Waals surface area contributed by atoms with Crippen LogP contribution in [-0.2, 0) is 0 Å². The topological polar surface area (TPSA) is 46.2 Å². The predicted octanol–water partition coefficient (Wildman–Crippen LogP) is 0.778. The van der Waals surface area contributed by atoms with E-state index in [1.165, 1.54) is 0 Å². The van der Waals surface area contributed by atoms with E-state index < -0.39 is 0 Å².